The average molecular weight is 316 g/mol. The number of alkyl halides is 3. The second kappa shape index (κ2) is 6.16. The number of amides is 1. The fourth-order valence-corrected chi connectivity index (χ4v) is 2.50. The molecule has 7 heteroatoms. The molecule has 22 heavy (non-hydrogen) atoms. The molecule has 1 aliphatic rings. The molecule has 2 N–H and O–H groups in total. The molecule has 1 saturated heterocycles. The van der Waals surface area contributed by atoms with Gasteiger partial charge in [0.25, 0.3) is 0 Å². The van der Waals surface area contributed by atoms with Gasteiger partial charge in [0.1, 0.15) is 5.75 Å². The van der Waals surface area contributed by atoms with E-state index in [0.29, 0.717) is 25.2 Å². The van der Waals surface area contributed by atoms with Crippen LogP contribution >= 0.6 is 0 Å². The summed E-state index contributed by atoms with van der Waals surface area (Å²) in [7, 11) is 0. The van der Waals surface area contributed by atoms with Crippen molar-refractivity contribution in [3.05, 3.63) is 29.8 Å². The van der Waals surface area contributed by atoms with Gasteiger partial charge in [-0.3, -0.25) is 4.79 Å². The third-order valence-corrected chi connectivity index (χ3v) is 3.92. The molecule has 4 nitrogen and oxygen atoms in total. The first-order valence-corrected chi connectivity index (χ1v) is 7.03. The van der Waals surface area contributed by atoms with E-state index in [1.165, 1.54) is 24.3 Å². The van der Waals surface area contributed by atoms with Crippen molar-refractivity contribution in [3.8, 4) is 5.75 Å². The molecule has 1 aromatic carbocycles. The van der Waals surface area contributed by atoms with Gasteiger partial charge in [-0.1, -0.05) is 19.1 Å². The SMILES string of the molecule is CC1(CN)CCN(C(=O)Cc2ccc(OC(F)(F)F)cc2)C1. The third-order valence-electron chi connectivity index (χ3n) is 3.92. The van der Waals surface area contributed by atoms with E-state index in [1.807, 2.05) is 6.92 Å². The van der Waals surface area contributed by atoms with Gasteiger partial charge in [-0.05, 0) is 36.1 Å². The normalized spacial score (nSPS) is 22.0. The summed E-state index contributed by atoms with van der Waals surface area (Å²) < 4.78 is 40.0. The molecular weight excluding hydrogens is 297 g/mol. The summed E-state index contributed by atoms with van der Waals surface area (Å²) in [6.45, 7) is 3.86. The predicted molar refractivity (Wildman–Crippen MR) is 75.2 cm³/mol. The van der Waals surface area contributed by atoms with Crippen molar-refractivity contribution in [1.29, 1.82) is 0 Å². The molecule has 1 atom stereocenters. The molecule has 1 amide bonds. The minimum Gasteiger partial charge on any atom is -0.406 e. The summed E-state index contributed by atoms with van der Waals surface area (Å²) in [5.74, 6) is -0.331. The highest BCUT2D eigenvalue weighted by Gasteiger charge is 2.34. The second-order valence-electron chi connectivity index (χ2n) is 5.95. The Morgan fingerprint density at radius 2 is 2.00 bits per heavy atom. The maximum Gasteiger partial charge on any atom is 0.573 e. The Hall–Kier alpha value is -1.76. The number of rotatable bonds is 4. The number of carbonyl (C=O) groups is 1. The van der Waals surface area contributed by atoms with Gasteiger partial charge in [0.15, 0.2) is 0 Å². The van der Waals surface area contributed by atoms with E-state index in [2.05, 4.69) is 4.74 Å². The molecular formula is C15H19F3N2O2. The number of hydrogen-bond acceptors (Lipinski definition) is 3. The molecule has 1 fully saturated rings. The largest absolute Gasteiger partial charge is 0.573 e. The van der Waals surface area contributed by atoms with E-state index >= 15 is 0 Å². The number of nitrogens with zero attached hydrogens (tertiary/aromatic N) is 1. The van der Waals surface area contributed by atoms with Gasteiger partial charge >= 0.3 is 6.36 Å². The molecule has 1 aromatic rings. The van der Waals surface area contributed by atoms with Gasteiger partial charge in [-0.25, -0.2) is 0 Å². The fraction of sp³-hybridized carbons (Fsp3) is 0.533. The van der Waals surface area contributed by atoms with Crippen molar-refractivity contribution in [3.63, 3.8) is 0 Å². The van der Waals surface area contributed by atoms with E-state index in [0.717, 1.165) is 6.42 Å². The molecule has 0 radical (unpaired) electrons. The molecule has 0 bridgehead atoms. The lowest BCUT2D eigenvalue weighted by Gasteiger charge is -2.22. The Labute approximate surface area is 127 Å². The smallest absolute Gasteiger partial charge is 0.406 e. The van der Waals surface area contributed by atoms with Crippen LogP contribution in [0.15, 0.2) is 24.3 Å². The van der Waals surface area contributed by atoms with Crippen LogP contribution < -0.4 is 10.5 Å². The number of halogens is 3. The lowest BCUT2D eigenvalue weighted by molar-refractivity contribution is -0.274. The zero-order valence-electron chi connectivity index (χ0n) is 12.3. The Morgan fingerprint density at radius 3 is 2.50 bits per heavy atom. The van der Waals surface area contributed by atoms with Crippen LogP contribution in [0.5, 0.6) is 5.75 Å². The number of carbonyl (C=O) groups excluding carboxylic acids is 1. The van der Waals surface area contributed by atoms with Crippen LogP contribution in [-0.2, 0) is 11.2 Å². The predicted octanol–water partition coefficient (Wildman–Crippen LogP) is 2.33. The zero-order valence-corrected chi connectivity index (χ0v) is 12.3. The number of benzene rings is 1. The number of likely N-dealkylation sites (tertiary alicyclic amines) is 1. The molecule has 0 aromatic heterocycles. The minimum absolute atomic E-state index is 0.0401. The summed E-state index contributed by atoms with van der Waals surface area (Å²) in [5.41, 5.74) is 6.32. The maximum absolute atomic E-state index is 12.2. The summed E-state index contributed by atoms with van der Waals surface area (Å²) in [4.78, 5) is 14.0. The quantitative estimate of drug-likeness (QED) is 0.927. The summed E-state index contributed by atoms with van der Waals surface area (Å²) in [6, 6.07) is 5.36. The van der Waals surface area contributed by atoms with Crippen LogP contribution in [-0.4, -0.2) is 36.8 Å². The van der Waals surface area contributed by atoms with Gasteiger partial charge in [-0.2, -0.15) is 0 Å². The van der Waals surface area contributed by atoms with Gasteiger partial charge in [0, 0.05) is 13.1 Å². The maximum atomic E-state index is 12.2. The van der Waals surface area contributed by atoms with E-state index in [4.69, 9.17) is 5.73 Å². The van der Waals surface area contributed by atoms with Gasteiger partial charge in [-0.15, -0.1) is 13.2 Å². The van der Waals surface area contributed by atoms with Gasteiger partial charge in [0.05, 0.1) is 6.42 Å². The molecule has 1 aliphatic heterocycles. The van der Waals surface area contributed by atoms with Crippen LogP contribution in [0.4, 0.5) is 13.2 Å². The fourth-order valence-electron chi connectivity index (χ4n) is 2.50. The van der Waals surface area contributed by atoms with Crippen LogP contribution in [0.3, 0.4) is 0 Å². The van der Waals surface area contributed by atoms with Crippen molar-refractivity contribution >= 4 is 5.91 Å². The highest BCUT2D eigenvalue weighted by atomic mass is 19.4. The molecule has 2 rings (SSSR count). The van der Waals surface area contributed by atoms with Crippen LogP contribution in [0.1, 0.15) is 18.9 Å². The highest BCUT2D eigenvalue weighted by molar-refractivity contribution is 5.79. The molecule has 122 valence electrons. The lowest BCUT2D eigenvalue weighted by Crippen LogP contribution is -2.35. The zero-order chi connectivity index (χ0) is 16.4. The number of ether oxygens (including phenoxy) is 1. The number of hydrogen-bond donors (Lipinski definition) is 1. The first kappa shape index (κ1) is 16.6. The van der Waals surface area contributed by atoms with Crippen LogP contribution in [0.25, 0.3) is 0 Å². The third kappa shape index (κ3) is 4.37. The van der Waals surface area contributed by atoms with E-state index < -0.39 is 6.36 Å². The molecule has 0 aliphatic carbocycles. The first-order chi connectivity index (χ1) is 10.2. The Kier molecular flexibility index (Phi) is 4.65. The second-order valence-corrected chi connectivity index (χ2v) is 5.95. The molecule has 0 spiro atoms. The minimum atomic E-state index is -4.71. The van der Waals surface area contributed by atoms with Crippen LogP contribution in [0.2, 0.25) is 0 Å². The summed E-state index contributed by atoms with van der Waals surface area (Å²) in [5, 5.41) is 0. The number of nitrogens with two attached hydrogens (primary N) is 1. The van der Waals surface area contributed by atoms with E-state index in [-0.39, 0.29) is 23.5 Å². The Bertz CT molecular complexity index is 531. The monoisotopic (exact) mass is 316 g/mol. The summed E-state index contributed by atoms with van der Waals surface area (Å²) in [6.07, 6.45) is -3.68. The van der Waals surface area contributed by atoms with Crippen molar-refractivity contribution in [2.75, 3.05) is 19.6 Å². The molecule has 1 heterocycles. The molecule has 0 saturated carbocycles. The standard InChI is InChI=1S/C15H19F3N2O2/c1-14(9-19)6-7-20(10-14)13(21)8-11-2-4-12(5-3-11)22-15(16,17)18/h2-5H,6-10,19H2,1H3. The highest BCUT2D eigenvalue weighted by Crippen LogP contribution is 2.29. The molecule has 1 unspecified atom stereocenters. The van der Waals surface area contributed by atoms with E-state index in [1.54, 1.807) is 4.90 Å². The lowest BCUT2D eigenvalue weighted by atomic mass is 9.90. The van der Waals surface area contributed by atoms with Crippen LogP contribution in [0, 0.1) is 5.41 Å². The van der Waals surface area contributed by atoms with Crippen molar-refractivity contribution < 1.29 is 22.7 Å². The topological polar surface area (TPSA) is 55.6 Å². The summed E-state index contributed by atoms with van der Waals surface area (Å²) >= 11 is 0. The average Bonchev–Trinajstić information content (AvgIpc) is 2.83. The van der Waals surface area contributed by atoms with Crippen molar-refractivity contribution in [2.24, 2.45) is 11.1 Å². The first-order valence-electron chi connectivity index (χ1n) is 7.03. The Balaban J connectivity index is 1.92. The van der Waals surface area contributed by atoms with Gasteiger partial charge < -0.3 is 15.4 Å². The van der Waals surface area contributed by atoms with Crippen molar-refractivity contribution in [2.45, 2.75) is 26.1 Å². The van der Waals surface area contributed by atoms with Gasteiger partial charge in [0.2, 0.25) is 5.91 Å². The van der Waals surface area contributed by atoms with Crippen molar-refractivity contribution in [1.82, 2.24) is 4.90 Å². The Morgan fingerprint density at radius 1 is 1.36 bits per heavy atom. The van der Waals surface area contributed by atoms with E-state index in [9.17, 15) is 18.0 Å².